The lowest BCUT2D eigenvalue weighted by Crippen LogP contribution is -2.41. The maximum Gasteiger partial charge on any atom is 0.326 e. The van der Waals surface area contributed by atoms with Crippen LogP contribution in [0.1, 0.15) is 30.8 Å². The lowest BCUT2D eigenvalue weighted by Gasteiger charge is -2.15. The van der Waals surface area contributed by atoms with Crippen molar-refractivity contribution in [3.8, 4) is 0 Å². The fourth-order valence-corrected chi connectivity index (χ4v) is 2.30. The SMILES string of the molecule is CC(C)C[C@H](NC(=O)c1nn(C)c2ccccc12)C(=O)O. The fourth-order valence-electron chi connectivity index (χ4n) is 2.30. The van der Waals surface area contributed by atoms with E-state index in [0.29, 0.717) is 11.8 Å². The van der Waals surface area contributed by atoms with Gasteiger partial charge in [-0.05, 0) is 18.4 Å². The molecule has 1 amide bonds. The van der Waals surface area contributed by atoms with Crippen LogP contribution >= 0.6 is 0 Å². The van der Waals surface area contributed by atoms with Crippen molar-refractivity contribution in [3.05, 3.63) is 30.0 Å². The number of carboxylic acid groups (broad SMARTS) is 1. The second-order valence-corrected chi connectivity index (χ2v) is 5.48. The smallest absolute Gasteiger partial charge is 0.326 e. The zero-order valence-corrected chi connectivity index (χ0v) is 12.3. The van der Waals surface area contributed by atoms with Crippen LogP contribution in [0.2, 0.25) is 0 Å². The Kier molecular flexibility index (Phi) is 4.26. The van der Waals surface area contributed by atoms with Crippen LogP contribution in [-0.4, -0.2) is 32.8 Å². The van der Waals surface area contributed by atoms with Gasteiger partial charge in [-0.3, -0.25) is 9.48 Å². The molecule has 1 heterocycles. The normalized spacial score (nSPS) is 12.6. The van der Waals surface area contributed by atoms with Crippen LogP contribution in [0.25, 0.3) is 10.9 Å². The van der Waals surface area contributed by atoms with E-state index >= 15 is 0 Å². The van der Waals surface area contributed by atoms with E-state index in [4.69, 9.17) is 0 Å². The molecule has 1 atom stereocenters. The Labute approximate surface area is 122 Å². The van der Waals surface area contributed by atoms with E-state index in [1.807, 2.05) is 32.0 Å². The number of benzene rings is 1. The predicted molar refractivity (Wildman–Crippen MR) is 79.1 cm³/mol. The number of para-hydroxylation sites is 1. The Morgan fingerprint density at radius 3 is 2.62 bits per heavy atom. The number of aryl methyl sites for hydroxylation is 1. The number of carbonyl (C=O) groups excluding carboxylic acids is 1. The maximum atomic E-state index is 12.3. The first-order chi connectivity index (χ1) is 9.90. The third kappa shape index (κ3) is 3.21. The summed E-state index contributed by atoms with van der Waals surface area (Å²) >= 11 is 0. The van der Waals surface area contributed by atoms with Gasteiger partial charge in [-0.15, -0.1) is 0 Å². The van der Waals surface area contributed by atoms with Crippen molar-refractivity contribution in [1.82, 2.24) is 15.1 Å². The molecule has 2 rings (SSSR count). The van der Waals surface area contributed by atoms with Gasteiger partial charge in [0.1, 0.15) is 6.04 Å². The minimum Gasteiger partial charge on any atom is -0.480 e. The second-order valence-electron chi connectivity index (χ2n) is 5.48. The third-order valence-corrected chi connectivity index (χ3v) is 3.28. The van der Waals surface area contributed by atoms with Crippen molar-refractivity contribution in [2.75, 3.05) is 0 Å². The highest BCUT2D eigenvalue weighted by molar-refractivity contribution is 6.05. The van der Waals surface area contributed by atoms with Crippen LogP contribution in [-0.2, 0) is 11.8 Å². The largest absolute Gasteiger partial charge is 0.480 e. The van der Waals surface area contributed by atoms with Gasteiger partial charge in [0.05, 0.1) is 5.52 Å². The van der Waals surface area contributed by atoms with Crippen LogP contribution in [0.5, 0.6) is 0 Å². The van der Waals surface area contributed by atoms with Gasteiger partial charge in [0.15, 0.2) is 5.69 Å². The minimum absolute atomic E-state index is 0.173. The molecular formula is C15H19N3O3. The number of nitrogens with zero attached hydrogens (tertiary/aromatic N) is 2. The standard InChI is InChI=1S/C15H19N3O3/c1-9(2)8-11(15(20)21)16-14(19)13-10-6-4-5-7-12(10)18(3)17-13/h4-7,9,11H,8H2,1-3H3,(H,16,19)(H,20,21)/t11-/m0/s1. The molecular weight excluding hydrogens is 270 g/mol. The highest BCUT2D eigenvalue weighted by Gasteiger charge is 2.24. The number of carbonyl (C=O) groups is 2. The molecule has 1 aromatic heterocycles. The summed E-state index contributed by atoms with van der Waals surface area (Å²) in [6.07, 6.45) is 0.381. The molecule has 0 bridgehead atoms. The first-order valence-corrected chi connectivity index (χ1v) is 6.85. The van der Waals surface area contributed by atoms with Crippen molar-refractivity contribution < 1.29 is 14.7 Å². The van der Waals surface area contributed by atoms with Gasteiger partial charge in [0.2, 0.25) is 0 Å². The number of nitrogens with one attached hydrogen (secondary N) is 1. The van der Waals surface area contributed by atoms with Gasteiger partial charge in [0, 0.05) is 12.4 Å². The quantitative estimate of drug-likeness (QED) is 0.879. The van der Waals surface area contributed by atoms with Crippen LogP contribution in [0.15, 0.2) is 24.3 Å². The third-order valence-electron chi connectivity index (χ3n) is 3.28. The monoisotopic (exact) mass is 289 g/mol. The van der Waals surface area contributed by atoms with Crippen LogP contribution in [0.3, 0.4) is 0 Å². The fraction of sp³-hybridized carbons (Fsp3) is 0.400. The lowest BCUT2D eigenvalue weighted by molar-refractivity contribution is -0.139. The van der Waals surface area contributed by atoms with E-state index in [1.54, 1.807) is 17.8 Å². The molecule has 0 unspecified atom stereocenters. The average molecular weight is 289 g/mol. The number of aromatic nitrogens is 2. The van der Waals surface area contributed by atoms with Crippen LogP contribution in [0.4, 0.5) is 0 Å². The van der Waals surface area contributed by atoms with Crippen molar-refractivity contribution in [3.63, 3.8) is 0 Å². The first-order valence-electron chi connectivity index (χ1n) is 6.85. The minimum atomic E-state index is -1.03. The zero-order chi connectivity index (χ0) is 15.6. The summed E-state index contributed by atoms with van der Waals surface area (Å²) in [5.74, 6) is -1.32. The van der Waals surface area contributed by atoms with Crippen molar-refractivity contribution >= 4 is 22.8 Å². The highest BCUT2D eigenvalue weighted by atomic mass is 16.4. The van der Waals surface area contributed by atoms with Gasteiger partial charge in [-0.2, -0.15) is 5.10 Å². The van der Waals surface area contributed by atoms with E-state index in [0.717, 1.165) is 5.52 Å². The topological polar surface area (TPSA) is 84.2 Å². The molecule has 1 aromatic carbocycles. The molecule has 0 aliphatic heterocycles. The molecule has 0 fully saturated rings. The van der Waals surface area contributed by atoms with Crippen molar-refractivity contribution in [2.45, 2.75) is 26.3 Å². The summed E-state index contributed by atoms with van der Waals surface area (Å²) < 4.78 is 1.61. The van der Waals surface area contributed by atoms with Gasteiger partial charge in [0.25, 0.3) is 5.91 Å². The number of aliphatic carboxylic acids is 1. The molecule has 6 heteroatoms. The highest BCUT2D eigenvalue weighted by Crippen LogP contribution is 2.17. The number of hydrogen-bond donors (Lipinski definition) is 2. The molecule has 21 heavy (non-hydrogen) atoms. The van der Waals surface area contributed by atoms with Crippen LogP contribution < -0.4 is 5.32 Å². The number of amides is 1. The summed E-state index contributed by atoms with van der Waals surface area (Å²) in [5.41, 5.74) is 1.08. The Balaban J connectivity index is 2.28. The number of carboxylic acids is 1. The van der Waals surface area contributed by atoms with Gasteiger partial charge in [-0.1, -0.05) is 32.0 Å². The molecule has 6 nitrogen and oxygen atoms in total. The predicted octanol–water partition coefficient (Wildman–Crippen LogP) is 1.80. The summed E-state index contributed by atoms with van der Waals surface area (Å²) in [7, 11) is 1.75. The molecule has 0 aliphatic rings. The van der Waals surface area contributed by atoms with Crippen molar-refractivity contribution in [1.29, 1.82) is 0 Å². The van der Waals surface area contributed by atoms with E-state index in [-0.39, 0.29) is 11.6 Å². The van der Waals surface area contributed by atoms with Gasteiger partial charge < -0.3 is 10.4 Å². The molecule has 0 aliphatic carbocycles. The molecule has 2 aromatic rings. The molecule has 0 saturated carbocycles. The Morgan fingerprint density at radius 1 is 1.33 bits per heavy atom. The molecule has 0 saturated heterocycles. The van der Waals surface area contributed by atoms with Gasteiger partial charge in [-0.25, -0.2) is 4.79 Å². The zero-order valence-electron chi connectivity index (χ0n) is 12.3. The first kappa shape index (κ1) is 15.0. The Hall–Kier alpha value is -2.37. The second kappa shape index (κ2) is 5.95. The van der Waals surface area contributed by atoms with E-state index < -0.39 is 17.9 Å². The van der Waals surface area contributed by atoms with E-state index in [1.165, 1.54) is 0 Å². The molecule has 0 spiro atoms. The summed E-state index contributed by atoms with van der Waals surface area (Å²) in [6.45, 7) is 3.83. The summed E-state index contributed by atoms with van der Waals surface area (Å²) in [6, 6.07) is 6.45. The summed E-state index contributed by atoms with van der Waals surface area (Å²) in [5, 5.41) is 16.7. The van der Waals surface area contributed by atoms with E-state index in [9.17, 15) is 14.7 Å². The Bertz CT molecular complexity index is 676. The summed E-state index contributed by atoms with van der Waals surface area (Å²) in [4.78, 5) is 23.5. The lowest BCUT2D eigenvalue weighted by atomic mass is 10.0. The Morgan fingerprint density at radius 2 is 2.00 bits per heavy atom. The van der Waals surface area contributed by atoms with Gasteiger partial charge >= 0.3 is 5.97 Å². The molecule has 112 valence electrons. The number of rotatable bonds is 5. The number of hydrogen-bond acceptors (Lipinski definition) is 3. The maximum absolute atomic E-state index is 12.3. The van der Waals surface area contributed by atoms with E-state index in [2.05, 4.69) is 10.4 Å². The average Bonchev–Trinajstić information content (AvgIpc) is 2.75. The number of fused-ring (bicyclic) bond motifs is 1. The molecule has 0 radical (unpaired) electrons. The molecule has 2 N–H and O–H groups in total. The van der Waals surface area contributed by atoms with Crippen molar-refractivity contribution in [2.24, 2.45) is 13.0 Å². The van der Waals surface area contributed by atoms with Crippen LogP contribution in [0, 0.1) is 5.92 Å².